The first-order chi connectivity index (χ1) is 17.0. The molecule has 15 atom stereocenters. The molecule has 0 amide bonds. The molecule has 0 aromatic rings. The molecular formula is C18H37N5O13. The first-order valence-electron chi connectivity index (χ1n) is 11.4. The summed E-state index contributed by atoms with van der Waals surface area (Å²) in [6.45, 7) is -1.04. The lowest BCUT2D eigenvalue weighted by molar-refractivity contribution is -0.326. The van der Waals surface area contributed by atoms with Gasteiger partial charge in [0.25, 0.3) is 0 Å². The van der Waals surface area contributed by atoms with Crippen molar-refractivity contribution >= 4 is 0 Å². The SMILES string of the molecule is N[C@@H]1[C@@H](O)[C@@H](O[C@H]2[C@H](NO)C[C@H](N)C(O[C@H]3O[C@H](CONO)[C@@H](O)[C@H](O)[C@H]3N)[C@@H]2O)O[C@H](CO)[C@H]1O. The maximum Gasteiger partial charge on any atom is 0.186 e. The van der Waals surface area contributed by atoms with Gasteiger partial charge in [0.05, 0.1) is 31.3 Å². The molecular weight excluding hydrogens is 494 g/mol. The van der Waals surface area contributed by atoms with Crippen molar-refractivity contribution in [1.82, 2.24) is 11.1 Å². The summed E-state index contributed by atoms with van der Waals surface area (Å²) in [6.07, 6.45) is -15.5. The number of ether oxygens (including phenoxy) is 4. The highest BCUT2D eigenvalue weighted by molar-refractivity contribution is 5.02. The van der Waals surface area contributed by atoms with Crippen LogP contribution in [0.4, 0.5) is 0 Å². The Balaban J connectivity index is 1.75. The molecule has 0 aromatic carbocycles. The largest absolute Gasteiger partial charge is 0.394 e. The average molecular weight is 532 g/mol. The number of nitrogens with two attached hydrogens (primary N) is 3. The van der Waals surface area contributed by atoms with Crippen molar-refractivity contribution in [2.75, 3.05) is 13.2 Å². The van der Waals surface area contributed by atoms with Crippen LogP contribution >= 0.6 is 0 Å². The molecule has 3 fully saturated rings. The van der Waals surface area contributed by atoms with E-state index in [9.17, 15) is 35.8 Å². The second kappa shape index (κ2) is 12.9. The highest BCUT2D eigenvalue weighted by Gasteiger charge is 2.52. The fourth-order valence-corrected chi connectivity index (χ4v) is 4.59. The molecule has 0 aromatic heterocycles. The van der Waals surface area contributed by atoms with E-state index < -0.39 is 105 Å². The van der Waals surface area contributed by atoms with Gasteiger partial charge in [0, 0.05) is 6.04 Å². The van der Waals surface area contributed by atoms with Crippen LogP contribution in [0.3, 0.4) is 0 Å². The van der Waals surface area contributed by atoms with Crippen LogP contribution in [0.2, 0.25) is 0 Å². The Hall–Kier alpha value is -0.720. The number of hydrogen-bond acceptors (Lipinski definition) is 18. The Morgan fingerprint density at radius 2 is 1.39 bits per heavy atom. The second-order valence-corrected chi connectivity index (χ2v) is 9.11. The third-order valence-electron chi connectivity index (χ3n) is 6.76. The van der Waals surface area contributed by atoms with Gasteiger partial charge >= 0.3 is 0 Å². The van der Waals surface area contributed by atoms with Gasteiger partial charge in [-0.3, -0.25) is 10.0 Å². The van der Waals surface area contributed by atoms with Crippen LogP contribution in [0.5, 0.6) is 0 Å². The van der Waals surface area contributed by atoms with Gasteiger partial charge in [-0.15, -0.1) is 0 Å². The summed E-state index contributed by atoms with van der Waals surface area (Å²) in [7, 11) is 0. The van der Waals surface area contributed by atoms with Gasteiger partial charge in [0.1, 0.15) is 54.9 Å². The average Bonchev–Trinajstić information content (AvgIpc) is 2.87. The normalized spacial score (nSPS) is 50.2. The number of hydrogen-bond donors (Lipinski definition) is 13. The van der Waals surface area contributed by atoms with E-state index in [2.05, 4.69) is 4.84 Å². The number of hydroxylamine groups is 1. The van der Waals surface area contributed by atoms with E-state index in [1.165, 1.54) is 5.64 Å². The molecule has 1 aliphatic carbocycles. The number of nitrogens with one attached hydrogen (secondary N) is 2. The summed E-state index contributed by atoms with van der Waals surface area (Å²) in [4.78, 5) is 4.58. The Morgan fingerprint density at radius 1 is 0.750 bits per heavy atom. The van der Waals surface area contributed by atoms with Crippen molar-refractivity contribution in [1.29, 1.82) is 0 Å². The van der Waals surface area contributed by atoms with Crippen molar-refractivity contribution in [3.05, 3.63) is 0 Å². The molecule has 1 saturated carbocycles. The number of aliphatic hydroxyl groups excluding tert-OH is 6. The van der Waals surface area contributed by atoms with E-state index in [0.29, 0.717) is 0 Å². The summed E-state index contributed by atoms with van der Waals surface area (Å²) in [6, 6.07) is -4.43. The van der Waals surface area contributed by atoms with Gasteiger partial charge in [-0.2, -0.15) is 5.48 Å². The van der Waals surface area contributed by atoms with Crippen LogP contribution in [-0.4, -0.2) is 146 Å². The summed E-state index contributed by atoms with van der Waals surface area (Å²) >= 11 is 0. The first kappa shape index (κ1) is 29.8. The molecule has 18 nitrogen and oxygen atoms in total. The smallest absolute Gasteiger partial charge is 0.186 e. The van der Waals surface area contributed by atoms with Gasteiger partial charge in [0.2, 0.25) is 0 Å². The molecule has 212 valence electrons. The highest BCUT2D eigenvalue weighted by atomic mass is 16.8. The molecule has 3 aliphatic rings. The van der Waals surface area contributed by atoms with Crippen LogP contribution in [0.15, 0.2) is 0 Å². The molecule has 0 bridgehead atoms. The molecule has 16 N–H and O–H groups in total. The third kappa shape index (κ3) is 6.12. The van der Waals surface area contributed by atoms with E-state index in [-0.39, 0.29) is 6.42 Å². The molecule has 2 heterocycles. The van der Waals surface area contributed by atoms with E-state index in [1.54, 1.807) is 0 Å². The van der Waals surface area contributed by atoms with E-state index >= 15 is 0 Å². The zero-order valence-corrected chi connectivity index (χ0v) is 19.1. The van der Waals surface area contributed by atoms with Gasteiger partial charge in [-0.1, -0.05) is 5.64 Å². The van der Waals surface area contributed by atoms with Crippen molar-refractivity contribution in [2.45, 2.75) is 98.1 Å². The van der Waals surface area contributed by atoms with E-state index in [1.807, 2.05) is 5.48 Å². The Kier molecular flexibility index (Phi) is 10.7. The standard InChI is InChI=1S/C18H37N5O13/c19-4-1-5(22-30)16(36-18-13(28)8(20)10(25)6(2-24)33-18)14(29)15(4)35-17-9(21)12(27)11(26)7(34-17)3-32-23-31/h4-18,22-31H,1-3,19-21H2/t4-,5+,6+,7+,8-,9+,10+,11+,12+,13+,14-,15?,16-,17+,18+/m0/s1. The van der Waals surface area contributed by atoms with E-state index in [4.69, 9.17) is 41.4 Å². The lowest BCUT2D eigenvalue weighted by atomic mass is 9.84. The second-order valence-electron chi connectivity index (χ2n) is 9.11. The van der Waals surface area contributed by atoms with Crippen LogP contribution in [0.1, 0.15) is 6.42 Å². The molecule has 1 unspecified atom stereocenters. The van der Waals surface area contributed by atoms with Crippen LogP contribution < -0.4 is 28.3 Å². The zero-order valence-electron chi connectivity index (χ0n) is 19.1. The van der Waals surface area contributed by atoms with Gasteiger partial charge in [-0.05, 0) is 6.42 Å². The molecule has 2 saturated heterocycles. The maximum atomic E-state index is 11.1. The van der Waals surface area contributed by atoms with Gasteiger partial charge in [0.15, 0.2) is 12.6 Å². The molecule has 18 heteroatoms. The van der Waals surface area contributed by atoms with Crippen LogP contribution in [0.25, 0.3) is 0 Å². The number of aliphatic hydroxyl groups is 6. The predicted molar refractivity (Wildman–Crippen MR) is 112 cm³/mol. The molecule has 2 aliphatic heterocycles. The van der Waals surface area contributed by atoms with Crippen LogP contribution in [0, 0.1) is 0 Å². The monoisotopic (exact) mass is 531 g/mol. The zero-order chi connectivity index (χ0) is 26.7. The van der Waals surface area contributed by atoms with Gasteiger partial charge < -0.3 is 72.0 Å². The fourth-order valence-electron chi connectivity index (χ4n) is 4.59. The summed E-state index contributed by atoms with van der Waals surface area (Å²) in [5.41, 5.74) is 21.3. The predicted octanol–water partition coefficient (Wildman–Crippen LogP) is -7.35. The number of rotatable bonds is 9. The Morgan fingerprint density at radius 3 is 2.00 bits per heavy atom. The van der Waals surface area contributed by atoms with Crippen molar-refractivity contribution in [2.24, 2.45) is 17.2 Å². The van der Waals surface area contributed by atoms with Crippen molar-refractivity contribution in [3.8, 4) is 0 Å². The lowest BCUT2D eigenvalue weighted by Crippen LogP contribution is -2.69. The lowest BCUT2D eigenvalue weighted by Gasteiger charge is -2.48. The molecule has 0 radical (unpaired) electrons. The quantitative estimate of drug-likeness (QED) is 0.123. The summed E-state index contributed by atoms with van der Waals surface area (Å²) in [5.74, 6) is 0. The van der Waals surface area contributed by atoms with Gasteiger partial charge in [-0.25, -0.2) is 0 Å². The minimum absolute atomic E-state index is 0.0298. The van der Waals surface area contributed by atoms with Crippen molar-refractivity contribution < 1.29 is 64.8 Å². The topological polar surface area (TPSA) is 310 Å². The Labute approximate surface area is 205 Å². The molecule has 0 spiro atoms. The van der Waals surface area contributed by atoms with E-state index in [0.717, 1.165) is 0 Å². The summed E-state index contributed by atoms with van der Waals surface area (Å²) in [5, 5.41) is 79.6. The third-order valence-corrected chi connectivity index (χ3v) is 6.76. The first-order valence-corrected chi connectivity index (χ1v) is 11.4. The molecule has 36 heavy (non-hydrogen) atoms. The molecule has 3 rings (SSSR count). The highest BCUT2D eigenvalue weighted by Crippen LogP contribution is 2.31. The summed E-state index contributed by atoms with van der Waals surface area (Å²) < 4.78 is 22.4. The minimum atomic E-state index is -1.60. The fraction of sp³-hybridized carbons (Fsp3) is 1.00. The minimum Gasteiger partial charge on any atom is -0.394 e. The maximum absolute atomic E-state index is 11.1. The van der Waals surface area contributed by atoms with Crippen molar-refractivity contribution in [3.63, 3.8) is 0 Å². The Bertz CT molecular complexity index is 685. The van der Waals surface area contributed by atoms with Crippen LogP contribution in [-0.2, 0) is 23.8 Å².